The number of amides is 2. The second-order valence-electron chi connectivity index (χ2n) is 6.65. The van der Waals surface area contributed by atoms with Gasteiger partial charge in [0.1, 0.15) is 0 Å². The Hall–Kier alpha value is -3.51. The van der Waals surface area contributed by atoms with Crippen LogP contribution in [0.4, 0.5) is 5.69 Å². The van der Waals surface area contributed by atoms with E-state index in [0.29, 0.717) is 23.4 Å². The summed E-state index contributed by atoms with van der Waals surface area (Å²) in [5.74, 6) is -0.509. The fraction of sp³-hybridized carbons (Fsp3) is 0.125. The number of hydrogen-bond acceptors (Lipinski definition) is 3. The van der Waals surface area contributed by atoms with Crippen molar-refractivity contribution in [1.29, 1.82) is 0 Å². The average Bonchev–Trinajstić information content (AvgIpc) is 2.78. The predicted octanol–water partition coefficient (Wildman–Crippen LogP) is 4.62. The molecule has 30 heavy (non-hydrogen) atoms. The van der Waals surface area contributed by atoms with Crippen molar-refractivity contribution in [1.82, 2.24) is 10.6 Å². The van der Waals surface area contributed by atoms with E-state index in [1.807, 2.05) is 49.4 Å². The van der Waals surface area contributed by atoms with Gasteiger partial charge in [-0.25, -0.2) is 0 Å². The zero-order valence-corrected chi connectivity index (χ0v) is 17.5. The molecule has 0 fully saturated rings. The third-order valence-electron chi connectivity index (χ3n) is 4.44. The first kappa shape index (κ1) is 21.2. The monoisotopic (exact) mass is 417 g/mol. The average molecular weight is 418 g/mol. The number of anilines is 1. The van der Waals surface area contributed by atoms with Crippen LogP contribution < -0.4 is 16.0 Å². The summed E-state index contributed by atoms with van der Waals surface area (Å²) in [4.78, 5) is 24.9. The molecule has 2 amide bonds. The second-order valence-corrected chi connectivity index (χ2v) is 7.06. The first-order valence-electron chi connectivity index (χ1n) is 9.73. The van der Waals surface area contributed by atoms with Crippen LogP contribution in [0.1, 0.15) is 34.1 Å². The van der Waals surface area contributed by atoms with Gasteiger partial charge in [-0.3, -0.25) is 14.9 Å². The van der Waals surface area contributed by atoms with Crippen LogP contribution in [0.3, 0.4) is 0 Å². The highest BCUT2D eigenvalue weighted by molar-refractivity contribution is 7.80. The van der Waals surface area contributed by atoms with Gasteiger partial charge in [0, 0.05) is 12.1 Å². The minimum absolute atomic E-state index is 0.128. The molecule has 6 heteroatoms. The Morgan fingerprint density at radius 2 is 1.43 bits per heavy atom. The van der Waals surface area contributed by atoms with E-state index in [-0.39, 0.29) is 16.9 Å². The molecule has 152 valence electrons. The molecule has 0 bridgehead atoms. The van der Waals surface area contributed by atoms with Gasteiger partial charge in [0.15, 0.2) is 5.11 Å². The molecule has 5 nitrogen and oxygen atoms in total. The summed E-state index contributed by atoms with van der Waals surface area (Å²) in [6, 6.07) is 24.3. The molecular weight excluding hydrogens is 394 g/mol. The van der Waals surface area contributed by atoms with Crippen LogP contribution in [0, 0.1) is 0 Å². The lowest BCUT2D eigenvalue weighted by Crippen LogP contribution is -2.35. The second kappa shape index (κ2) is 10.3. The maximum atomic E-state index is 12.5. The van der Waals surface area contributed by atoms with Crippen molar-refractivity contribution in [3.05, 3.63) is 90.0 Å². The molecule has 0 aliphatic carbocycles. The van der Waals surface area contributed by atoms with E-state index in [1.54, 1.807) is 36.4 Å². The number of thiocarbonyl (C=S) groups is 1. The van der Waals surface area contributed by atoms with Crippen LogP contribution in [-0.2, 0) is 0 Å². The van der Waals surface area contributed by atoms with E-state index in [0.717, 1.165) is 17.5 Å². The first-order chi connectivity index (χ1) is 14.6. The Balaban J connectivity index is 1.64. The predicted molar refractivity (Wildman–Crippen MR) is 125 cm³/mol. The van der Waals surface area contributed by atoms with Crippen molar-refractivity contribution in [3.63, 3.8) is 0 Å². The SMILES string of the molecule is CCCNC(=O)c1ccccc1NC(=S)NC(=O)c1ccc(-c2ccccc2)cc1. The number of nitrogens with one attached hydrogen (secondary N) is 3. The summed E-state index contributed by atoms with van der Waals surface area (Å²) in [6.07, 6.45) is 0.846. The van der Waals surface area contributed by atoms with Crippen LogP contribution in [-0.4, -0.2) is 23.5 Å². The van der Waals surface area contributed by atoms with Crippen LogP contribution in [0.5, 0.6) is 0 Å². The van der Waals surface area contributed by atoms with Crippen LogP contribution in [0.2, 0.25) is 0 Å². The highest BCUT2D eigenvalue weighted by Gasteiger charge is 2.13. The highest BCUT2D eigenvalue weighted by atomic mass is 32.1. The van der Waals surface area contributed by atoms with Crippen molar-refractivity contribution in [2.45, 2.75) is 13.3 Å². The Bertz CT molecular complexity index is 1030. The van der Waals surface area contributed by atoms with Gasteiger partial charge in [-0.1, -0.05) is 61.5 Å². The van der Waals surface area contributed by atoms with Crippen molar-refractivity contribution < 1.29 is 9.59 Å². The smallest absolute Gasteiger partial charge is 0.257 e. The van der Waals surface area contributed by atoms with E-state index in [1.165, 1.54) is 0 Å². The lowest BCUT2D eigenvalue weighted by Gasteiger charge is -2.13. The van der Waals surface area contributed by atoms with E-state index < -0.39 is 0 Å². The summed E-state index contributed by atoms with van der Waals surface area (Å²) in [7, 11) is 0. The van der Waals surface area contributed by atoms with E-state index in [4.69, 9.17) is 12.2 Å². The fourth-order valence-electron chi connectivity index (χ4n) is 2.90. The van der Waals surface area contributed by atoms with Crippen molar-refractivity contribution >= 4 is 34.8 Å². The Kier molecular flexibility index (Phi) is 7.29. The lowest BCUT2D eigenvalue weighted by molar-refractivity contribution is 0.0952. The number of para-hydroxylation sites is 1. The minimum atomic E-state index is -0.319. The zero-order chi connectivity index (χ0) is 21.3. The molecule has 3 aromatic carbocycles. The third kappa shape index (κ3) is 5.52. The van der Waals surface area contributed by atoms with Gasteiger partial charge in [-0.2, -0.15) is 0 Å². The molecule has 0 aromatic heterocycles. The molecular formula is C24H23N3O2S. The molecule has 3 aromatic rings. The molecule has 3 N–H and O–H groups in total. The Morgan fingerprint density at radius 3 is 2.13 bits per heavy atom. The summed E-state index contributed by atoms with van der Waals surface area (Å²) in [5.41, 5.74) is 3.61. The summed E-state index contributed by atoms with van der Waals surface area (Å²) < 4.78 is 0. The molecule has 0 atom stereocenters. The van der Waals surface area contributed by atoms with E-state index in [2.05, 4.69) is 16.0 Å². The number of rotatable bonds is 6. The third-order valence-corrected chi connectivity index (χ3v) is 4.64. The van der Waals surface area contributed by atoms with Gasteiger partial charge in [-0.15, -0.1) is 0 Å². The lowest BCUT2D eigenvalue weighted by atomic mass is 10.0. The molecule has 0 unspecified atom stereocenters. The zero-order valence-electron chi connectivity index (χ0n) is 16.6. The number of carbonyl (C=O) groups is 2. The van der Waals surface area contributed by atoms with E-state index >= 15 is 0 Å². The molecule has 0 radical (unpaired) electrons. The molecule has 3 rings (SSSR count). The summed E-state index contributed by atoms with van der Waals surface area (Å²) in [6.45, 7) is 2.58. The van der Waals surface area contributed by atoms with Crippen molar-refractivity contribution in [2.24, 2.45) is 0 Å². The largest absolute Gasteiger partial charge is 0.352 e. The number of benzene rings is 3. The molecule has 0 saturated heterocycles. The van der Waals surface area contributed by atoms with Gasteiger partial charge in [-0.05, 0) is 54.0 Å². The van der Waals surface area contributed by atoms with Gasteiger partial charge in [0.05, 0.1) is 11.3 Å². The fourth-order valence-corrected chi connectivity index (χ4v) is 3.10. The first-order valence-corrected chi connectivity index (χ1v) is 10.1. The maximum absolute atomic E-state index is 12.5. The summed E-state index contributed by atoms with van der Waals surface area (Å²) in [5, 5.41) is 8.57. The normalized spacial score (nSPS) is 10.2. The number of carbonyl (C=O) groups excluding carboxylic acids is 2. The molecule has 0 saturated carbocycles. The van der Waals surface area contributed by atoms with Crippen LogP contribution in [0.15, 0.2) is 78.9 Å². The Morgan fingerprint density at radius 1 is 0.800 bits per heavy atom. The molecule has 0 heterocycles. The van der Waals surface area contributed by atoms with Crippen LogP contribution >= 0.6 is 12.2 Å². The van der Waals surface area contributed by atoms with E-state index in [9.17, 15) is 9.59 Å². The van der Waals surface area contributed by atoms with Gasteiger partial charge < -0.3 is 10.6 Å². The number of hydrogen-bond donors (Lipinski definition) is 3. The summed E-state index contributed by atoms with van der Waals surface area (Å²) >= 11 is 5.27. The Labute approximate surface area is 181 Å². The minimum Gasteiger partial charge on any atom is -0.352 e. The molecule has 0 aliphatic rings. The molecule has 0 aliphatic heterocycles. The van der Waals surface area contributed by atoms with Crippen LogP contribution in [0.25, 0.3) is 11.1 Å². The molecule has 0 spiro atoms. The maximum Gasteiger partial charge on any atom is 0.257 e. The standard InChI is InChI=1S/C24H23N3O2S/c1-2-16-25-23(29)20-10-6-7-11-21(20)26-24(30)27-22(28)19-14-12-18(13-15-19)17-8-4-3-5-9-17/h3-15H,2,16H2,1H3,(H,25,29)(H2,26,27,28,30). The van der Waals surface area contributed by atoms with Gasteiger partial charge in [0.25, 0.3) is 11.8 Å². The van der Waals surface area contributed by atoms with Crippen molar-refractivity contribution in [3.8, 4) is 11.1 Å². The topological polar surface area (TPSA) is 70.2 Å². The quantitative estimate of drug-likeness (QED) is 0.512. The van der Waals surface area contributed by atoms with Crippen molar-refractivity contribution in [2.75, 3.05) is 11.9 Å². The van der Waals surface area contributed by atoms with Gasteiger partial charge in [0.2, 0.25) is 0 Å². The van der Waals surface area contributed by atoms with Gasteiger partial charge >= 0.3 is 0 Å². The highest BCUT2D eigenvalue weighted by Crippen LogP contribution is 2.19.